The Bertz CT molecular complexity index is 982. The largest absolute Gasteiger partial charge is 0.338 e. The second kappa shape index (κ2) is 9.23. The van der Waals surface area contributed by atoms with Crippen LogP contribution in [0.25, 0.3) is 11.3 Å². The van der Waals surface area contributed by atoms with Crippen LogP contribution in [0, 0.1) is 11.3 Å². The average Bonchev–Trinajstić information content (AvgIpc) is 2.74. The van der Waals surface area contributed by atoms with Crippen LogP contribution in [0.2, 0.25) is 0 Å². The van der Waals surface area contributed by atoms with E-state index >= 15 is 0 Å². The summed E-state index contributed by atoms with van der Waals surface area (Å²) in [7, 11) is 0. The molecule has 3 rings (SSSR count). The van der Waals surface area contributed by atoms with E-state index in [1.54, 1.807) is 6.07 Å². The molecule has 158 valence electrons. The maximum atomic E-state index is 12.6. The number of nitrogens with two attached hydrogens (primary N) is 1. The third-order valence-electron chi connectivity index (χ3n) is 5.66. The highest BCUT2D eigenvalue weighted by Gasteiger charge is 2.36. The van der Waals surface area contributed by atoms with Crippen molar-refractivity contribution in [2.45, 2.75) is 70.0 Å². The lowest BCUT2D eigenvalue weighted by molar-refractivity contribution is -0.127. The molecule has 1 fully saturated rings. The van der Waals surface area contributed by atoms with Crippen LogP contribution >= 0.6 is 0 Å². The van der Waals surface area contributed by atoms with Gasteiger partial charge in [0.1, 0.15) is 6.04 Å². The van der Waals surface area contributed by atoms with Crippen molar-refractivity contribution in [3.8, 4) is 17.3 Å². The number of nitrogens with one attached hydrogen (secondary N) is 1. The number of nitrogens with zero attached hydrogens (tertiary/aromatic N) is 3. The quantitative estimate of drug-likeness (QED) is 0.764. The highest BCUT2D eigenvalue weighted by Crippen LogP contribution is 2.26. The van der Waals surface area contributed by atoms with Crippen LogP contribution in [0.5, 0.6) is 0 Å². The van der Waals surface area contributed by atoms with Gasteiger partial charge in [-0.2, -0.15) is 10.4 Å². The summed E-state index contributed by atoms with van der Waals surface area (Å²) in [4.78, 5) is 24.5. The monoisotopic (exact) mass is 407 g/mol. The molecule has 3 N–H and O–H groups in total. The summed E-state index contributed by atoms with van der Waals surface area (Å²) in [6.07, 6.45) is 4.72. The Morgan fingerprint density at radius 1 is 1.20 bits per heavy atom. The highest BCUT2D eigenvalue weighted by atomic mass is 16.2. The molecule has 1 heterocycles. The van der Waals surface area contributed by atoms with Gasteiger partial charge in [-0.25, -0.2) is 4.68 Å². The van der Waals surface area contributed by atoms with Crippen molar-refractivity contribution in [1.82, 2.24) is 15.1 Å². The average molecular weight is 408 g/mol. The van der Waals surface area contributed by atoms with E-state index in [2.05, 4.69) is 16.5 Å². The van der Waals surface area contributed by atoms with E-state index in [1.165, 1.54) is 10.7 Å². The summed E-state index contributed by atoms with van der Waals surface area (Å²) in [6.45, 7) is 3.83. The van der Waals surface area contributed by atoms with E-state index in [9.17, 15) is 14.9 Å². The van der Waals surface area contributed by atoms with Gasteiger partial charge in [-0.05, 0) is 38.3 Å². The summed E-state index contributed by atoms with van der Waals surface area (Å²) < 4.78 is 1.46. The first-order valence-electron chi connectivity index (χ1n) is 10.5. The molecule has 2 aromatic rings. The lowest BCUT2D eigenvalue weighted by Gasteiger charge is -2.32. The van der Waals surface area contributed by atoms with Crippen LogP contribution in [0.3, 0.4) is 0 Å². The molecular weight excluding hydrogens is 378 g/mol. The maximum Gasteiger partial charge on any atom is 0.267 e. The van der Waals surface area contributed by atoms with Crippen molar-refractivity contribution in [2.75, 3.05) is 0 Å². The van der Waals surface area contributed by atoms with Crippen molar-refractivity contribution in [3.63, 3.8) is 0 Å². The standard InChI is InChI=1S/C23H29N5O2/c1-16(2)28-21(29)11-10-20(27-28)18-8-6-17(7-9-18)14-19(15-24)26-22(30)23(25)12-4-3-5-13-23/h6-11,16,19H,3-5,12-14,25H2,1-2H3,(H,26,30)/t19-/m0/s1. The molecule has 1 aromatic carbocycles. The molecule has 0 unspecified atom stereocenters. The van der Waals surface area contributed by atoms with Crippen LogP contribution < -0.4 is 16.6 Å². The van der Waals surface area contributed by atoms with Gasteiger partial charge in [-0.15, -0.1) is 0 Å². The van der Waals surface area contributed by atoms with Crippen molar-refractivity contribution in [3.05, 3.63) is 52.3 Å². The van der Waals surface area contributed by atoms with Crippen molar-refractivity contribution >= 4 is 5.91 Å². The Balaban J connectivity index is 1.68. The van der Waals surface area contributed by atoms with Gasteiger partial charge in [0.25, 0.3) is 5.56 Å². The SMILES string of the molecule is CC(C)n1nc(-c2ccc(C[C@@H](C#N)NC(=O)C3(N)CCCCC3)cc2)ccc1=O. The first-order chi connectivity index (χ1) is 14.3. The zero-order chi connectivity index (χ0) is 21.7. The van der Waals surface area contributed by atoms with E-state index in [4.69, 9.17) is 5.73 Å². The van der Waals surface area contributed by atoms with Gasteiger partial charge < -0.3 is 11.1 Å². The lowest BCUT2D eigenvalue weighted by atomic mass is 9.81. The van der Waals surface area contributed by atoms with Crippen molar-refractivity contribution < 1.29 is 4.79 Å². The highest BCUT2D eigenvalue weighted by molar-refractivity contribution is 5.86. The van der Waals surface area contributed by atoms with Crippen molar-refractivity contribution in [1.29, 1.82) is 5.26 Å². The van der Waals surface area contributed by atoms with E-state index in [0.29, 0.717) is 25.0 Å². The van der Waals surface area contributed by atoms with Crippen LogP contribution in [-0.2, 0) is 11.2 Å². The summed E-state index contributed by atoms with van der Waals surface area (Å²) in [5, 5.41) is 16.8. The Hall–Kier alpha value is -2.98. The zero-order valence-corrected chi connectivity index (χ0v) is 17.6. The van der Waals surface area contributed by atoms with Gasteiger partial charge in [-0.1, -0.05) is 43.5 Å². The van der Waals surface area contributed by atoms with Gasteiger partial charge in [0.2, 0.25) is 5.91 Å². The number of hydrogen-bond donors (Lipinski definition) is 2. The topological polar surface area (TPSA) is 114 Å². The minimum atomic E-state index is -0.859. The minimum Gasteiger partial charge on any atom is -0.338 e. The number of aromatic nitrogens is 2. The van der Waals surface area contributed by atoms with Crippen LogP contribution in [0.4, 0.5) is 0 Å². The van der Waals surface area contributed by atoms with E-state index in [0.717, 1.165) is 30.4 Å². The Labute approximate surface area is 176 Å². The number of benzene rings is 1. The fraction of sp³-hybridized carbons (Fsp3) is 0.478. The molecule has 1 atom stereocenters. The van der Waals surface area contributed by atoms with Crippen LogP contribution in [0.1, 0.15) is 57.6 Å². The predicted molar refractivity (Wildman–Crippen MR) is 116 cm³/mol. The Morgan fingerprint density at radius 2 is 1.87 bits per heavy atom. The third kappa shape index (κ3) is 4.95. The maximum absolute atomic E-state index is 12.6. The molecular formula is C23H29N5O2. The number of carbonyl (C=O) groups is 1. The number of nitriles is 1. The lowest BCUT2D eigenvalue weighted by Crippen LogP contribution is -2.57. The molecule has 0 spiro atoms. The number of amides is 1. The third-order valence-corrected chi connectivity index (χ3v) is 5.66. The Kier molecular flexibility index (Phi) is 6.68. The molecule has 1 saturated carbocycles. The zero-order valence-electron chi connectivity index (χ0n) is 17.6. The summed E-state index contributed by atoms with van der Waals surface area (Å²) >= 11 is 0. The number of rotatable bonds is 6. The van der Waals surface area contributed by atoms with Crippen LogP contribution in [-0.4, -0.2) is 27.3 Å². The first-order valence-corrected chi connectivity index (χ1v) is 10.5. The van der Waals surface area contributed by atoms with E-state index in [-0.39, 0.29) is 17.5 Å². The van der Waals surface area contributed by atoms with Crippen molar-refractivity contribution in [2.24, 2.45) is 5.73 Å². The molecule has 1 aliphatic rings. The van der Waals surface area contributed by atoms with Gasteiger partial charge in [-0.3, -0.25) is 9.59 Å². The van der Waals surface area contributed by atoms with Gasteiger partial charge in [0.15, 0.2) is 0 Å². The summed E-state index contributed by atoms with van der Waals surface area (Å²) in [5.41, 5.74) is 7.81. The fourth-order valence-electron chi connectivity index (χ4n) is 3.84. The summed E-state index contributed by atoms with van der Waals surface area (Å²) in [5.74, 6) is -0.231. The van der Waals surface area contributed by atoms with E-state index in [1.807, 2.05) is 38.1 Å². The molecule has 0 bridgehead atoms. The number of carbonyl (C=O) groups excluding carboxylic acids is 1. The molecule has 1 aliphatic carbocycles. The van der Waals surface area contributed by atoms with Crippen LogP contribution in [0.15, 0.2) is 41.2 Å². The van der Waals surface area contributed by atoms with E-state index < -0.39 is 11.6 Å². The number of hydrogen-bond acceptors (Lipinski definition) is 5. The van der Waals surface area contributed by atoms with Gasteiger partial charge >= 0.3 is 0 Å². The molecule has 30 heavy (non-hydrogen) atoms. The normalized spacial score (nSPS) is 16.6. The minimum absolute atomic E-state index is 0.0216. The second-order valence-electron chi connectivity index (χ2n) is 8.37. The molecule has 1 amide bonds. The molecule has 7 heteroatoms. The molecule has 0 saturated heterocycles. The van der Waals surface area contributed by atoms with Gasteiger partial charge in [0, 0.05) is 18.1 Å². The molecule has 7 nitrogen and oxygen atoms in total. The molecule has 1 aromatic heterocycles. The predicted octanol–water partition coefficient (Wildman–Crippen LogP) is 2.70. The smallest absolute Gasteiger partial charge is 0.267 e. The molecule has 0 radical (unpaired) electrons. The molecule has 0 aliphatic heterocycles. The second-order valence-corrected chi connectivity index (χ2v) is 8.37. The Morgan fingerprint density at radius 3 is 2.47 bits per heavy atom. The van der Waals surface area contributed by atoms with Gasteiger partial charge in [0.05, 0.1) is 23.3 Å². The first kappa shape index (κ1) is 21.7. The fourth-order valence-corrected chi connectivity index (χ4v) is 3.84. The summed E-state index contributed by atoms with van der Waals surface area (Å²) in [6, 6.07) is 12.4.